The molecule has 0 aromatic carbocycles. The van der Waals surface area contributed by atoms with Crippen LogP contribution in [0.4, 0.5) is 0 Å². The zero-order chi connectivity index (χ0) is 14.2. The molecule has 0 radical (unpaired) electrons. The lowest BCUT2D eigenvalue weighted by atomic mass is 10.1. The van der Waals surface area contributed by atoms with Crippen LogP contribution < -0.4 is 0 Å². The summed E-state index contributed by atoms with van der Waals surface area (Å²) in [7, 11) is 1.43. The maximum absolute atomic E-state index is 11.7. The van der Waals surface area contributed by atoms with Gasteiger partial charge < -0.3 is 18.9 Å². The molecule has 0 aliphatic carbocycles. The first-order valence-corrected chi connectivity index (χ1v) is 6.38. The molecule has 0 amide bonds. The predicted molar refractivity (Wildman–Crippen MR) is 67.9 cm³/mol. The molecule has 0 unspecified atom stereocenters. The fraction of sp³-hybridized carbons (Fsp3) is 0.643. The Balaban J connectivity index is 2.32. The molecule has 2 rings (SSSR count). The monoisotopic (exact) mass is 268 g/mol. The summed E-state index contributed by atoms with van der Waals surface area (Å²) in [4.78, 5) is 11.7. The van der Waals surface area contributed by atoms with Gasteiger partial charge in [0.05, 0.1) is 7.11 Å². The van der Waals surface area contributed by atoms with E-state index in [1.54, 1.807) is 13.8 Å². The summed E-state index contributed by atoms with van der Waals surface area (Å²) in [6.45, 7) is 7.73. The van der Waals surface area contributed by atoms with Crippen molar-refractivity contribution in [2.75, 3.05) is 7.11 Å². The second kappa shape index (κ2) is 4.89. The van der Waals surface area contributed by atoms with Crippen LogP contribution in [0.2, 0.25) is 0 Å². The molecule has 0 aromatic rings. The Bertz CT molecular complexity index is 433. The molecule has 19 heavy (non-hydrogen) atoms. The molecule has 2 heterocycles. The van der Waals surface area contributed by atoms with E-state index < -0.39 is 17.9 Å². The highest BCUT2D eigenvalue weighted by Gasteiger charge is 2.49. The summed E-state index contributed by atoms with van der Waals surface area (Å²) in [5.41, 5.74) is 0. The van der Waals surface area contributed by atoms with Gasteiger partial charge in [0.25, 0.3) is 0 Å². The molecule has 0 aromatic heterocycles. The number of hydrogen-bond donors (Lipinski definition) is 0. The topological polar surface area (TPSA) is 54.0 Å². The largest absolute Gasteiger partial charge is 0.487 e. The smallest absolute Gasteiger partial charge is 0.378 e. The Morgan fingerprint density at radius 2 is 2.05 bits per heavy atom. The second-order valence-electron chi connectivity index (χ2n) is 5.44. The number of carbonyl (C=O) groups excluding carboxylic acids is 1. The molecule has 2 aliphatic rings. The summed E-state index contributed by atoms with van der Waals surface area (Å²) in [6, 6.07) is 0. The Morgan fingerprint density at radius 1 is 1.37 bits per heavy atom. The molecule has 106 valence electrons. The lowest BCUT2D eigenvalue weighted by Gasteiger charge is -2.38. The van der Waals surface area contributed by atoms with Crippen molar-refractivity contribution in [1.82, 2.24) is 0 Å². The van der Waals surface area contributed by atoms with Crippen LogP contribution in [0, 0.1) is 5.92 Å². The molecule has 5 nitrogen and oxygen atoms in total. The van der Waals surface area contributed by atoms with Gasteiger partial charge in [-0.2, -0.15) is 0 Å². The third-order valence-electron chi connectivity index (χ3n) is 2.87. The minimum absolute atomic E-state index is 0.129. The summed E-state index contributed by atoms with van der Waals surface area (Å²) in [5.74, 6) is -0.394. The van der Waals surface area contributed by atoms with Gasteiger partial charge in [0.15, 0.2) is 11.9 Å². The summed E-state index contributed by atoms with van der Waals surface area (Å²) in [6.07, 6.45) is 3.00. The summed E-state index contributed by atoms with van der Waals surface area (Å²) in [5, 5.41) is 0. The van der Waals surface area contributed by atoms with Crippen molar-refractivity contribution in [3.8, 4) is 0 Å². The van der Waals surface area contributed by atoms with Gasteiger partial charge in [-0.25, -0.2) is 4.79 Å². The fourth-order valence-electron chi connectivity index (χ4n) is 2.11. The number of methoxy groups -OCH3 is 1. The van der Waals surface area contributed by atoms with Crippen LogP contribution in [0.3, 0.4) is 0 Å². The van der Waals surface area contributed by atoms with E-state index in [0.717, 1.165) is 0 Å². The van der Waals surface area contributed by atoms with Gasteiger partial charge in [0, 0.05) is 13.8 Å². The summed E-state index contributed by atoms with van der Waals surface area (Å²) < 4.78 is 21.8. The highest BCUT2D eigenvalue weighted by atomic mass is 16.7. The van der Waals surface area contributed by atoms with Gasteiger partial charge in [-0.15, -0.1) is 0 Å². The lowest BCUT2D eigenvalue weighted by Crippen LogP contribution is -2.46. The van der Waals surface area contributed by atoms with Crippen LogP contribution in [0.25, 0.3) is 0 Å². The van der Waals surface area contributed by atoms with E-state index in [-0.39, 0.29) is 11.9 Å². The first-order valence-electron chi connectivity index (χ1n) is 6.38. The van der Waals surface area contributed by atoms with E-state index >= 15 is 0 Å². The van der Waals surface area contributed by atoms with E-state index in [9.17, 15) is 4.79 Å². The Labute approximate surface area is 113 Å². The highest BCUT2D eigenvalue weighted by molar-refractivity contribution is 5.89. The predicted octanol–water partition coefficient (Wildman–Crippen LogP) is 2.13. The van der Waals surface area contributed by atoms with Crippen LogP contribution in [-0.4, -0.2) is 31.1 Å². The molecular formula is C14H20O5. The average Bonchev–Trinajstić information content (AvgIpc) is 2.60. The minimum atomic E-state index is -0.824. The molecule has 0 spiro atoms. The minimum Gasteiger partial charge on any atom is -0.487 e. The molecular weight excluding hydrogens is 248 g/mol. The van der Waals surface area contributed by atoms with E-state index in [1.807, 2.05) is 12.2 Å². The molecule has 0 N–H and O–H groups in total. The van der Waals surface area contributed by atoms with E-state index in [0.29, 0.717) is 11.7 Å². The molecule has 2 aliphatic heterocycles. The lowest BCUT2D eigenvalue weighted by molar-refractivity contribution is -0.262. The van der Waals surface area contributed by atoms with Gasteiger partial charge in [0.1, 0.15) is 6.10 Å². The van der Waals surface area contributed by atoms with Crippen molar-refractivity contribution in [2.45, 2.75) is 45.7 Å². The van der Waals surface area contributed by atoms with Crippen molar-refractivity contribution in [1.29, 1.82) is 0 Å². The molecule has 5 heteroatoms. The van der Waals surface area contributed by atoms with Crippen LogP contribution >= 0.6 is 0 Å². The molecule has 0 bridgehead atoms. The number of rotatable bonds is 3. The first-order chi connectivity index (χ1) is 8.84. The SMILES string of the molecule is COC1=C2OC(C)(C)O[C@H](C=CC(C)C)[C@H]2OC1=O. The zero-order valence-electron chi connectivity index (χ0n) is 11.9. The Morgan fingerprint density at radius 3 is 2.63 bits per heavy atom. The average molecular weight is 268 g/mol. The van der Waals surface area contributed by atoms with Crippen molar-refractivity contribution < 1.29 is 23.7 Å². The van der Waals surface area contributed by atoms with Gasteiger partial charge >= 0.3 is 5.97 Å². The third kappa shape index (κ3) is 2.76. The number of carbonyl (C=O) groups is 1. The highest BCUT2D eigenvalue weighted by Crippen LogP contribution is 2.38. The van der Waals surface area contributed by atoms with Gasteiger partial charge in [-0.1, -0.05) is 26.0 Å². The number of allylic oxidation sites excluding steroid dienone is 1. The van der Waals surface area contributed by atoms with Crippen LogP contribution in [0.5, 0.6) is 0 Å². The van der Waals surface area contributed by atoms with Crippen LogP contribution in [0.15, 0.2) is 23.7 Å². The van der Waals surface area contributed by atoms with Crippen LogP contribution in [-0.2, 0) is 23.7 Å². The molecule has 0 saturated carbocycles. The van der Waals surface area contributed by atoms with Crippen molar-refractivity contribution in [3.05, 3.63) is 23.7 Å². The second-order valence-corrected chi connectivity index (χ2v) is 5.44. The van der Waals surface area contributed by atoms with E-state index in [2.05, 4.69) is 13.8 Å². The number of ether oxygens (including phenoxy) is 4. The summed E-state index contributed by atoms with van der Waals surface area (Å²) >= 11 is 0. The number of esters is 1. The Hall–Kier alpha value is -1.49. The normalized spacial score (nSPS) is 29.5. The van der Waals surface area contributed by atoms with Crippen molar-refractivity contribution in [3.63, 3.8) is 0 Å². The number of fused-ring (bicyclic) bond motifs is 1. The van der Waals surface area contributed by atoms with Crippen molar-refractivity contribution in [2.24, 2.45) is 5.92 Å². The third-order valence-corrected chi connectivity index (χ3v) is 2.87. The molecule has 1 saturated heterocycles. The first kappa shape index (κ1) is 13.9. The van der Waals surface area contributed by atoms with Crippen LogP contribution in [0.1, 0.15) is 27.7 Å². The van der Waals surface area contributed by atoms with Gasteiger partial charge in [-0.3, -0.25) is 0 Å². The van der Waals surface area contributed by atoms with Gasteiger partial charge in [0.2, 0.25) is 11.5 Å². The van der Waals surface area contributed by atoms with Gasteiger partial charge in [-0.05, 0) is 5.92 Å². The maximum Gasteiger partial charge on any atom is 0.378 e. The van der Waals surface area contributed by atoms with E-state index in [1.165, 1.54) is 7.11 Å². The van der Waals surface area contributed by atoms with E-state index in [4.69, 9.17) is 18.9 Å². The Kier molecular flexibility index (Phi) is 3.58. The quantitative estimate of drug-likeness (QED) is 0.580. The standard InChI is InChI=1S/C14H20O5/c1-8(2)6-7-9-10-11(19-14(3,4)18-9)12(16-5)13(15)17-10/h6-10H,1-5H3/t9-,10-/m1/s1. The van der Waals surface area contributed by atoms with Crippen molar-refractivity contribution >= 4 is 5.97 Å². The fourth-order valence-corrected chi connectivity index (χ4v) is 2.11. The molecule has 2 atom stereocenters. The number of hydrogen-bond acceptors (Lipinski definition) is 5. The zero-order valence-corrected chi connectivity index (χ0v) is 11.9. The maximum atomic E-state index is 11.7. The molecule has 1 fully saturated rings.